The van der Waals surface area contributed by atoms with Crippen LogP contribution in [-0.4, -0.2) is 34.9 Å². The second kappa shape index (κ2) is 8.98. The Morgan fingerprint density at radius 3 is 2.63 bits per heavy atom. The summed E-state index contributed by atoms with van der Waals surface area (Å²) in [6.07, 6.45) is 3.08. The largest absolute Gasteiger partial charge is 0.494 e. The third-order valence-corrected chi connectivity index (χ3v) is 3.66. The van der Waals surface area contributed by atoms with Gasteiger partial charge < -0.3 is 14.8 Å². The Bertz CT molecular complexity index is 845. The summed E-state index contributed by atoms with van der Waals surface area (Å²) in [6.45, 7) is 5.32. The van der Waals surface area contributed by atoms with Gasteiger partial charge >= 0.3 is 5.97 Å². The Labute approximate surface area is 156 Å². The van der Waals surface area contributed by atoms with E-state index in [2.05, 4.69) is 10.4 Å². The van der Waals surface area contributed by atoms with E-state index in [0.717, 1.165) is 6.08 Å². The molecule has 0 aliphatic heterocycles. The van der Waals surface area contributed by atoms with E-state index in [4.69, 9.17) is 9.47 Å². The zero-order valence-electron chi connectivity index (χ0n) is 15.6. The van der Waals surface area contributed by atoms with E-state index in [1.54, 1.807) is 23.0 Å². The molecule has 7 nitrogen and oxygen atoms in total. The number of nitrogens with one attached hydrogen (secondary N) is 1. The lowest BCUT2D eigenvalue weighted by atomic mass is 10.2. The van der Waals surface area contributed by atoms with Crippen LogP contribution in [0, 0.1) is 5.82 Å². The fourth-order valence-electron chi connectivity index (χ4n) is 2.27. The van der Waals surface area contributed by atoms with E-state index < -0.39 is 23.8 Å². The monoisotopic (exact) mass is 375 g/mol. The summed E-state index contributed by atoms with van der Waals surface area (Å²) in [5.74, 6) is -1.11. The van der Waals surface area contributed by atoms with E-state index in [1.165, 1.54) is 32.2 Å². The van der Waals surface area contributed by atoms with Gasteiger partial charge in [-0.15, -0.1) is 0 Å². The van der Waals surface area contributed by atoms with Gasteiger partial charge in [-0.05, 0) is 44.5 Å². The lowest BCUT2D eigenvalue weighted by Crippen LogP contribution is -2.30. The van der Waals surface area contributed by atoms with E-state index in [9.17, 15) is 14.0 Å². The lowest BCUT2D eigenvalue weighted by Gasteiger charge is -2.15. The minimum Gasteiger partial charge on any atom is -0.494 e. The Kier molecular flexibility index (Phi) is 6.70. The van der Waals surface area contributed by atoms with Crippen molar-refractivity contribution < 1.29 is 23.5 Å². The minimum absolute atomic E-state index is 0.0704. The number of rotatable bonds is 7. The predicted molar refractivity (Wildman–Crippen MR) is 98.8 cm³/mol. The summed E-state index contributed by atoms with van der Waals surface area (Å²) < 4.78 is 25.2. The molecule has 0 unspecified atom stereocenters. The lowest BCUT2D eigenvalue weighted by molar-refractivity contribution is -0.148. The van der Waals surface area contributed by atoms with Crippen LogP contribution in [-0.2, 0) is 14.3 Å². The number of hydrogen-bond acceptors (Lipinski definition) is 5. The summed E-state index contributed by atoms with van der Waals surface area (Å²) >= 11 is 0. The number of carbonyl (C=O) groups is 2. The number of nitrogens with zero attached hydrogens (tertiary/aromatic N) is 2. The maximum absolute atomic E-state index is 13.6. The van der Waals surface area contributed by atoms with Gasteiger partial charge in [0.15, 0.2) is 17.7 Å². The second-order valence-electron chi connectivity index (χ2n) is 6.05. The van der Waals surface area contributed by atoms with E-state index in [0.29, 0.717) is 11.4 Å². The van der Waals surface area contributed by atoms with Crippen LogP contribution in [0.5, 0.6) is 5.75 Å². The number of carbonyl (C=O) groups excluding carboxylic acids is 2. The number of halogens is 1. The first-order valence-electron chi connectivity index (χ1n) is 8.38. The average molecular weight is 375 g/mol. The molecule has 0 aliphatic rings. The average Bonchev–Trinajstić information content (AvgIpc) is 3.08. The van der Waals surface area contributed by atoms with Gasteiger partial charge in [-0.25, -0.2) is 13.9 Å². The molecule has 27 heavy (non-hydrogen) atoms. The summed E-state index contributed by atoms with van der Waals surface area (Å²) in [4.78, 5) is 24.1. The summed E-state index contributed by atoms with van der Waals surface area (Å²) in [7, 11) is 1.37. The predicted octanol–water partition coefficient (Wildman–Crippen LogP) is 3.20. The maximum atomic E-state index is 13.6. The van der Waals surface area contributed by atoms with Crippen LogP contribution in [0.4, 0.5) is 10.2 Å². The van der Waals surface area contributed by atoms with Crippen LogP contribution in [0.3, 0.4) is 0 Å². The van der Waals surface area contributed by atoms with Crippen molar-refractivity contribution in [2.75, 3.05) is 12.4 Å². The molecule has 1 amide bonds. The van der Waals surface area contributed by atoms with Gasteiger partial charge in [0, 0.05) is 18.2 Å². The number of hydrogen-bond donors (Lipinski definition) is 1. The molecular formula is C19H22FN3O4. The highest BCUT2D eigenvalue weighted by atomic mass is 19.1. The molecular weight excluding hydrogens is 353 g/mol. The first-order chi connectivity index (χ1) is 12.8. The van der Waals surface area contributed by atoms with Crippen molar-refractivity contribution in [1.82, 2.24) is 9.78 Å². The van der Waals surface area contributed by atoms with Gasteiger partial charge in [-0.2, -0.15) is 5.10 Å². The van der Waals surface area contributed by atoms with Crippen molar-refractivity contribution >= 4 is 23.8 Å². The molecule has 2 aromatic rings. The molecule has 1 aromatic heterocycles. The number of methoxy groups -OCH3 is 1. The Morgan fingerprint density at radius 2 is 2.00 bits per heavy atom. The fraction of sp³-hybridized carbons (Fsp3) is 0.316. The van der Waals surface area contributed by atoms with Crippen molar-refractivity contribution in [1.29, 1.82) is 0 Å². The Hall–Kier alpha value is -3.16. The molecule has 0 spiro atoms. The zero-order chi connectivity index (χ0) is 20.0. The second-order valence-corrected chi connectivity index (χ2v) is 6.05. The molecule has 1 N–H and O–H groups in total. The quantitative estimate of drug-likeness (QED) is 0.594. The van der Waals surface area contributed by atoms with Crippen LogP contribution < -0.4 is 10.1 Å². The summed E-state index contributed by atoms with van der Waals surface area (Å²) in [5.41, 5.74) is 0.461. The number of anilines is 1. The molecule has 0 saturated carbocycles. The molecule has 144 valence electrons. The highest BCUT2D eigenvalue weighted by Crippen LogP contribution is 2.18. The zero-order valence-corrected chi connectivity index (χ0v) is 15.6. The van der Waals surface area contributed by atoms with E-state index in [-0.39, 0.29) is 11.8 Å². The van der Waals surface area contributed by atoms with Crippen LogP contribution in [0.15, 0.2) is 36.5 Å². The Balaban J connectivity index is 1.93. The molecule has 8 heteroatoms. The first kappa shape index (κ1) is 20.2. The molecule has 0 bridgehead atoms. The summed E-state index contributed by atoms with van der Waals surface area (Å²) in [5, 5.41) is 6.78. The number of benzene rings is 1. The fourth-order valence-corrected chi connectivity index (χ4v) is 2.27. The van der Waals surface area contributed by atoms with Crippen molar-refractivity contribution in [2.24, 2.45) is 0 Å². The smallest absolute Gasteiger partial charge is 0.331 e. The Morgan fingerprint density at radius 1 is 1.26 bits per heavy atom. The number of aromatic nitrogens is 2. The van der Waals surface area contributed by atoms with Crippen LogP contribution >= 0.6 is 0 Å². The summed E-state index contributed by atoms with van der Waals surface area (Å²) in [6, 6.07) is 6.00. The van der Waals surface area contributed by atoms with Gasteiger partial charge in [-0.3, -0.25) is 4.79 Å². The molecule has 0 saturated heterocycles. The van der Waals surface area contributed by atoms with Gasteiger partial charge in [0.2, 0.25) is 0 Å². The maximum Gasteiger partial charge on any atom is 0.331 e. The SMILES string of the molecule is COc1ccc(/C=C/C(=O)O[C@@H](C)C(=O)Nc2ccnn2C(C)C)cc1F. The van der Waals surface area contributed by atoms with Gasteiger partial charge in [0.1, 0.15) is 5.82 Å². The highest BCUT2D eigenvalue weighted by Gasteiger charge is 2.18. The number of ether oxygens (including phenoxy) is 2. The molecule has 2 rings (SSSR count). The first-order valence-corrected chi connectivity index (χ1v) is 8.38. The van der Waals surface area contributed by atoms with E-state index in [1.807, 2.05) is 13.8 Å². The normalized spacial score (nSPS) is 12.2. The molecule has 1 heterocycles. The van der Waals surface area contributed by atoms with Gasteiger partial charge in [0.25, 0.3) is 5.91 Å². The van der Waals surface area contributed by atoms with Crippen molar-refractivity contribution in [3.63, 3.8) is 0 Å². The van der Waals surface area contributed by atoms with Crippen LogP contribution in [0.2, 0.25) is 0 Å². The van der Waals surface area contributed by atoms with Crippen molar-refractivity contribution in [3.8, 4) is 5.75 Å². The standard InChI is InChI=1S/C19H22FN3O4/c1-12(2)23-17(9-10-21-23)22-19(25)13(3)27-18(24)8-6-14-5-7-16(26-4)15(20)11-14/h5-13H,1-4H3,(H,22,25)/b8-6+/t13-/m0/s1. The van der Waals surface area contributed by atoms with Crippen molar-refractivity contribution in [2.45, 2.75) is 32.9 Å². The molecule has 1 aromatic carbocycles. The molecule has 0 radical (unpaired) electrons. The number of esters is 1. The highest BCUT2D eigenvalue weighted by molar-refractivity contribution is 5.96. The van der Waals surface area contributed by atoms with E-state index >= 15 is 0 Å². The van der Waals surface area contributed by atoms with Gasteiger partial charge in [-0.1, -0.05) is 6.07 Å². The van der Waals surface area contributed by atoms with Gasteiger partial charge in [0.05, 0.1) is 13.3 Å². The third-order valence-electron chi connectivity index (χ3n) is 3.66. The van der Waals surface area contributed by atoms with Crippen LogP contribution in [0.1, 0.15) is 32.4 Å². The molecule has 0 aliphatic carbocycles. The van der Waals surface area contributed by atoms with Crippen molar-refractivity contribution in [3.05, 3.63) is 47.9 Å². The number of amides is 1. The topological polar surface area (TPSA) is 82.4 Å². The molecule has 1 atom stereocenters. The molecule has 0 fully saturated rings. The third kappa shape index (κ3) is 5.40. The minimum atomic E-state index is -1.01. The van der Waals surface area contributed by atoms with Crippen LogP contribution in [0.25, 0.3) is 6.08 Å².